The van der Waals surface area contributed by atoms with Crippen LogP contribution in [0, 0.1) is 13.8 Å². The Kier molecular flexibility index (Phi) is 9.01. The molecule has 0 aliphatic heterocycles. The Morgan fingerprint density at radius 1 is 0.743 bits per heavy atom. The molecule has 0 fully saturated rings. The zero-order valence-corrected chi connectivity index (χ0v) is 20.0. The molecule has 0 saturated carbocycles. The van der Waals surface area contributed by atoms with Gasteiger partial charge < -0.3 is 21.1 Å². The van der Waals surface area contributed by atoms with E-state index in [9.17, 15) is 14.4 Å². The lowest BCUT2D eigenvalue weighted by atomic mass is 9.95. The highest BCUT2D eigenvalue weighted by Crippen LogP contribution is 2.16. The molecule has 3 aromatic rings. The highest BCUT2D eigenvalue weighted by Gasteiger charge is 2.27. The van der Waals surface area contributed by atoms with Crippen molar-refractivity contribution in [2.75, 3.05) is 0 Å². The van der Waals surface area contributed by atoms with Gasteiger partial charge in [-0.15, -0.1) is 0 Å². The first-order chi connectivity index (χ1) is 16.8. The van der Waals surface area contributed by atoms with Crippen molar-refractivity contribution in [3.63, 3.8) is 0 Å². The van der Waals surface area contributed by atoms with E-state index in [0.29, 0.717) is 0 Å². The number of rotatable bonds is 10. The number of nitrogens with two attached hydrogens (primary N) is 1. The average molecular weight is 474 g/mol. The molecule has 0 saturated heterocycles. The zero-order valence-electron chi connectivity index (χ0n) is 20.0. The molecule has 0 unspecified atom stereocenters. The third-order valence-corrected chi connectivity index (χ3v) is 5.82. The van der Waals surface area contributed by atoms with Crippen molar-refractivity contribution in [2.45, 2.75) is 45.4 Å². The van der Waals surface area contributed by atoms with Crippen LogP contribution >= 0.6 is 0 Å². The van der Waals surface area contributed by atoms with Crippen LogP contribution in [0.5, 0.6) is 0 Å². The number of carbonyl (C=O) groups excluding carboxylic acids is 3. The van der Waals surface area contributed by atoms with Gasteiger partial charge in [-0.1, -0.05) is 78.9 Å². The van der Waals surface area contributed by atoms with Crippen LogP contribution in [-0.2, 0) is 33.8 Å². The van der Waals surface area contributed by atoms with E-state index in [-0.39, 0.29) is 19.4 Å². The van der Waals surface area contributed by atoms with E-state index in [4.69, 9.17) is 10.5 Å². The highest BCUT2D eigenvalue weighted by atomic mass is 16.5. The minimum atomic E-state index is -0.958. The van der Waals surface area contributed by atoms with E-state index in [1.165, 1.54) is 0 Å². The summed E-state index contributed by atoms with van der Waals surface area (Å²) in [6.45, 7) is 3.97. The standard InChI is InChI=1S/C28H31N3O4/c1-19-10-9-11-20(2)23(19)17-24(26(29)32)30-27(33)25(16-21-12-5-3-6-13-21)31-28(34)35-18-22-14-7-4-8-15-22/h3-15,24-25H,16-18H2,1-2H3,(H2,29,32)(H,30,33)(H,31,34)/t24-,25-/m0/s1. The summed E-state index contributed by atoms with van der Waals surface area (Å²) >= 11 is 0. The monoisotopic (exact) mass is 473 g/mol. The highest BCUT2D eigenvalue weighted by molar-refractivity contribution is 5.91. The summed E-state index contributed by atoms with van der Waals surface area (Å²) < 4.78 is 5.30. The number of amides is 3. The lowest BCUT2D eigenvalue weighted by Crippen LogP contribution is -2.54. The van der Waals surface area contributed by atoms with Crippen LogP contribution in [0.15, 0.2) is 78.9 Å². The molecule has 182 valence electrons. The van der Waals surface area contributed by atoms with E-state index in [1.54, 1.807) is 0 Å². The van der Waals surface area contributed by atoms with Gasteiger partial charge in [-0.05, 0) is 41.7 Å². The number of nitrogens with one attached hydrogen (secondary N) is 2. The van der Waals surface area contributed by atoms with E-state index < -0.39 is 30.0 Å². The topological polar surface area (TPSA) is 111 Å². The van der Waals surface area contributed by atoms with Gasteiger partial charge in [0.1, 0.15) is 18.7 Å². The first-order valence-electron chi connectivity index (χ1n) is 11.5. The fourth-order valence-corrected chi connectivity index (χ4v) is 3.84. The summed E-state index contributed by atoms with van der Waals surface area (Å²) in [6, 6.07) is 22.5. The minimum absolute atomic E-state index is 0.0722. The van der Waals surface area contributed by atoms with Crippen LogP contribution in [0.25, 0.3) is 0 Å². The predicted octanol–water partition coefficient (Wildman–Crippen LogP) is 3.35. The SMILES string of the molecule is Cc1cccc(C)c1C[C@H](NC(=O)[C@H](Cc1ccccc1)NC(=O)OCc1ccccc1)C(N)=O. The van der Waals surface area contributed by atoms with Gasteiger partial charge in [-0.25, -0.2) is 4.79 Å². The van der Waals surface area contributed by atoms with Crippen molar-refractivity contribution in [1.29, 1.82) is 0 Å². The molecule has 0 aliphatic carbocycles. The molecule has 0 radical (unpaired) electrons. The fourth-order valence-electron chi connectivity index (χ4n) is 3.84. The molecule has 35 heavy (non-hydrogen) atoms. The number of carbonyl (C=O) groups is 3. The van der Waals surface area contributed by atoms with Crippen molar-refractivity contribution < 1.29 is 19.1 Å². The number of ether oxygens (including phenoxy) is 1. The van der Waals surface area contributed by atoms with Crippen LogP contribution in [0.1, 0.15) is 27.8 Å². The first-order valence-corrected chi connectivity index (χ1v) is 11.5. The Hall–Kier alpha value is -4.13. The molecule has 3 rings (SSSR count). The van der Waals surface area contributed by atoms with Crippen molar-refractivity contribution in [3.05, 3.63) is 107 Å². The molecule has 0 aliphatic rings. The van der Waals surface area contributed by atoms with Crippen LogP contribution in [-0.4, -0.2) is 30.0 Å². The van der Waals surface area contributed by atoms with Crippen LogP contribution in [0.3, 0.4) is 0 Å². The summed E-state index contributed by atoms with van der Waals surface area (Å²) in [5, 5.41) is 5.38. The van der Waals surface area contributed by atoms with Crippen LogP contribution < -0.4 is 16.4 Å². The second-order valence-electron chi connectivity index (χ2n) is 8.49. The van der Waals surface area contributed by atoms with Gasteiger partial charge in [0.25, 0.3) is 0 Å². The minimum Gasteiger partial charge on any atom is -0.445 e. The van der Waals surface area contributed by atoms with Gasteiger partial charge in [0.05, 0.1) is 0 Å². The summed E-state index contributed by atoms with van der Waals surface area (Å²) in [5.41, 5.74) is 10.3. The Bertz CT molecular complexity index is 1130. The number of aryl methyl sites for hydroxylation is 2. The summed E-state index contributed by atoms with van der Waals surface area (Å²) in [6.07, 6.45) is -0.242. The molecule has 4 N–H and O–H groups in total. The fraction of sp³-hybridized carbons (Fsp3) is 0.250. The molecule has 0 aromatic heterocycles. The Morgan fingerprint density at radius 3 is 1.89 bits per heavy atom. The second-order valence-corrected chi connectivity index (χ2v) is 8.49. The Balaban J connectivity index is 1.72. The van der Waals surface area contributed by atoms with Crippen molar-refractivity contribution in [3.8, 4) is 0 Å². The molecule has 0 bridgehead atoms. The third kappa shape index (κ3) is 7.71. The number of alkyl carbamates (subject to hydrolysis) is 1. The second kappa shape index (κ2) is 12.4. The maximum atomic E-state index is 13.2. The average Bonchev–Trinajstić information content (AvgIpc) is 2.85. The smallest absolute Gasteiger partial charge is 0.408 e. The van der Waals surface area contributed by atoms with Gasteiger partial charge >= 0.3 is 6.09 Å². The zero-order chi connectivity index (χ0) is 25.2. The van der Waals surface area contributed by atoms with Crippen LogP contribution in [0.2, 0.25) is 0 Å². The lowest BCUT2D eigenvalue weighted by Gasteiger charge is -2.23. The third-order valence-electron chi connectivity index (χ3n) is 5.82. The van der Waals surface area contributed by atoms with Gasteiger partial charge in [0.15, 0.2) is 0 Å². The van der Waals surface area contributed by atoms with Gasteiger partial charge in [-0.2, -0.15) is 0 Å². The largest absolute Gasteiger partial charge is 0.445 e. The molecular formula is C28H31N3O4. The van der Waals surface area contributed by atoms with Crippen molar-refractivity contribution in [1.82, 2.24) is 10.6 Å². The summed E-state index contributed by atoms with van der Waals surface area (Å²) in [7, 11) is 0. The van der Waals surface area contributed by atoms with E-state index >= 15 is 0 Å². The van der Waals surface area contributed by atoms with Crippen LogP contribution in [0.4, 0.5) is 4.79 Å². The molecular weight excluding hydrogens is 442 g/mol. The van der Waals surface area contributed by atoms with Crippen molar-refractivity contribution >= 4 is 17.9 Å². The summed E-state index contributed by atoms with van der Waals surface area (Å²) in [4.78, 5) is 38.0. The van der Waals surface area contributed by atoms with Crippen molar-refractivity contribution in [2.24, 2.45) is 5.73 Å². The molecule has 3 amide bonds. The Morgan fingerprint density at radius 2 is 1.31 bits per heavy atom. The van der Waals surface area contributed by atoms with Gasteiger partial charge in [-0.3, -0.25) is 9.59 Å². The molecule has 0 spiro atoms. The quantitative estimate of drug-likeness (QED) is 0.419. The van der Waals surface area contributed by atoms with E-state index in [1.807, 2.05) is 92.7 Å². The predicted molar refractivity (Wildman–Crippen MR) is 134 cm³/mol. The van der Waals surface area contributed by atoms with Gasteiger partial charge in [0.2, 0.25) is 11.8 Å². The number of primary amides is 1. The first kappa shape index (κ1) is 25.5. The molecule has 7 nitrogen and oxygen atoms in total. The molecule has 3 aromatic carbocycles. The normalized spacial score (nSPS) is 12.3. The maximum absolute atomic E-state index is 13.2. The van der Waals surface area contributed by atoms with E-state index in [0.717, 1.165) is 27.8 Å². The van der Waals surface area contributed by atoms with E-state index in [2.05, 4.69) is 10.6 Å². The number of benzene rings is 3. The summed E-state index contributed by atoms with van der Waals surface area (Å²) in [5.74, 6) is -1.16. The Labute approximate surface area is 205 Å². The molecule has 7 heteroatoms. The lowest BCUT2D eigenvalue weighted by molar-refractivity contribution is -0.128. The maximum Gasteiger partial charge on any atom is 0.408 e. The number of hydrogen-bond donors (Lipinski definition) is 3. The number of hydrogen-bond acceptors (Lipinski definition) is 4. The van der Waals surface area contributed by atoms with Gasteiger partial charge in [0, 0.05) is 12.8 Å². The molecule has 0 heterocycles. The molecule has 2 atom stereocenters.